The second-order valence-corrected chi connectivity index (χ2v) is 6.06. The predicted octanol–water partition coefficient (Wildman–Crippen LogP) is 3.05. The lowest BCUT2D eigenvalue weighted by molar-refractivity contribution is 0.700. The number of nitrogens with zero attached hydrogens (tertiary/aromatic N) is 1. The van der Waals surface area contributed by atoms with Gasteiger partial charge >= 0.3 is 0 Å². The number of benzene rings is 1. The molecule has 0 aliphatic heterocycles. The average Bonchev–Trinajstić information content (AvgIpc) is 2.93. The monoisotopic (exact) mass is 282 g/mol. The van der Waals surface area contributed by atoms with Gasteiger partial charge in [0.1, 0.15) is 5.01 Å². The third kappa shape index (κ3) is 1.51. The van der Waals surface area contributed by atoms with E-state index in [0.29, 0.717) is 0 Å². The largest absolute Gasteiger partial charge is 0.329 e. The quantitative estimate of drug-likeness (QED) is 0.920. The Morgan fingerprint density at radius 3 is 2.93 bits per heavy atom. The van der Waals surface area contributed by atoms with Gasteiger partial charge in [-0.1, -0.05) is 15.9 Å². The smallest absolute Gasteiger partial charge is 0.101 e. The molecule has 3 rings (SSSR count). The molecule has 0 unspecified atom stereocenters. The minimum absolute atomic E-state index is 0.218. The highest BCUT2D eigenvalue weighted by molar-refractivity contribution is 9.10. The number of thiazole rings is 1. The van der Waals surface area contributed by atoms with Gasteiger partial charge in [0.2, 0.25) is 0 Å². The molecule has 1 aliphatic carbocycles. The number of aromatic nitrogens is 1. The van der Waals surface area contributed by atoms with E-state index in [2.05, 4.69) is 33.0 Å². The molecule has 1 fully saturated rings. The van der Waals surface area contributed by atoms with Crippen molar-refractivity contribution in [2.24, 2.45) is 5.73 Å². The van der Waals surface area contributed by atoms with E-state index in [1.165, 1.54) is 22.5 Å². The van der Waals surface area contributed by atoms with Gasteiger partial charge in [0.15, 0.2) is 0 Å². The van der Waals surface area contributed by atoms with Crippen LogP contribution < -0.4 is 5.73 Å². The van der Waals surface area contributed by atoms with E-state index in [-0.39, 0.29) is 5.41 Å². The normalized spacial score (nSPS) is 18.3. The zero-order valence-electron chi connectivity index (χ0n) is 8.16. The number of nitrogens with two attached hydrogens (primary N) is 1. The third-order valence-electron chi connectivity index (χ3n) is 3.05. The van der Waals surface area contributed by atoms with Crippen molar-refractivity contribution in [2.75, 3.05) is 6.54 Å². The van der Waals surface area contributed by atoms with Gasteiger partial charge in [-0.05, 0) is 31.0 Å². The molecule has 0 spiro atoms. The van der Waals surface area contributed by atoms with Crippen molar-refractivity contribution in [1.29, 1.82) is 0 Å². The highest BCUT2D eigenvalue weighted by Crippen LogP contribution is 2.49. The molecule has 2 aromatic rings. The SMILES string of the molecule is NCC1(c2nc3ccc(Br)cc3s2)CC1. The van der Waals surface area contributed by atoms with Crippen molar-refractivity contribution in [3.05, 3.63) is 27.7 Å². The van der Waals surface area contributed by atoms with Gasteiger partial charge in [0.25, 0.3) is 0 Å². The fourth-order valence-corrected chi connectivity index (χ4v) is 3.55. The first-order valence-corrected chi connectivity index (χ1v) is 6.61. The van der Waals surface area contributed by atoms with Crippen LogP contribution in [0.5, 0.6) is 0 Å². The molecular weight excluding hydrogens is 272 g/mol. The van der Waals surface area contributed by atoms with E-state index in [1.54, 1.807) is 11.3 Å². The second-order valence-electron chi connectivity index (χ2n) is 4.12. The van der Waals surface area contributed by atoms with Crippen LogP contribution in [-0.4, -0.2) is 11.5 Å². The van der Waals surface area contributed by atoms with Gasteiger partial charge in [-0.25, -0.2) is 4.98 Å². The molecule has 2 N–H and O–H groups in total. The summed E-state index contributed by atoms with van der Waals surface area (Å²) >= 11 is 5.26. The molecule has 0 radical (unpaired) electrons. The summed E-state index contributed by atoms with van der Waals surface area (Å²) in [6.07, 6.45) is 2.40. The van der Waals surface area contributed by atoms with E-state index in [1.807, 2.05) is 6.07 Å². The van der Waals surface area contributed by atoms with Gasteiger partial charge in [0, 0.05) is 16.4 Å². The number of rotatable bonds is 2. The van der Waals surface area contributed by atoms with Crippen LogP contribution in [0.15, 0.2) is 22.7 Å². The van der Waals surface area contributed by atoms with E-state index >= 15 is 0 Å². The lowest BCUT2D eigenvalue weighted by Gasteiger charge is -2.05. The molecule has 1 aliphatic rings. The molecule has 0 saturated heterocycles. The molecule has 2 nitrogen and oxygen atoms in total. The summed E-state index contributed by atoms with van der Waals surface area (Å²) < 4.78 is 2.36. The molecule has 0 atom stereocenters. The van der Waals surface area contributed by atoms with Crippen LogP contribution in [0.25, 0.3) is 10.2 Å². The van der Waals surface area contributed by atoms with Gasteiger partial charge in [-0.15, -0.1) is 11.3 Å². The van der Waals surface area contributed by atoms with Gasteiger partial charge in [0.05, 0.1) is 10.2 Å². The van der Waals surface area contributed by atoms with Gasteiger partial charge in [-0.2, -0.15) is 0 Å². The van der Waals surface area contributed by atoms with Crippen molar-refractivity contribution < 1.29 is 0 Å². The first kappa shape index (κ1) is 9.75. The van der Waals surface area contributed by atoms with Crippen LogP contribution in [0.4, 0.5) is 0 Å². The number of halogens is 1. The van der Waals surface area contributed by atoms with E-state index in [9.17, 15) is 0 Å². The van der Waals surface area contributed by atoms with Crippen molar-refractivity contribution >= 4 is 37.5 Å². The Balaban J connectivity index is 2.14. The molecule has 0 bridgehead atoms. The van der Waals surface area contributed by atoms with Gasteiger partial charge in [-0.3, -0.25) is 0 Å². The minimum atomic E-state index is 0.218. The summed E-state index contributed by atoms with van der Waals surface area (Å²) in [4.78, 5) is 4.68. The molecule has 15 heavy (non-hydrogen) atoms. The van der Waals surface area contributed by atoms with Crippen molar-refractivity contribution in [3.8, 4) is 0 Å². The summed E-state index contributed by atoms with van der Waals surface area (Å²) in [7, 11) is 0. The van der Waals surface area contributed by atoms with Crippen LogP contribution in [0.3, 0.4) is 0 Å². The Kier molecular flexibility index (Phi) is 2.13. The van der Waals surface area contributed by atoms with Crippen molar-refractivity contribution in [2.45, 2.75) is 18.3 Å². The van der Waals surface area contributed by atoms with Crippen LogP contribution in [0.2, 0.25) is 0 Å². The second kappa shape index (κ2) is 3.27. The maximum Gasteiger partial charge on any atom is 0.101 e. The van der Waals surface area contributed by atoms with E-state index in [0.717, 1.165) is 16.5 Å². The van der Waals surface area contributed by atoms with E-state index in [4.69, 9.17) is 5.73 Å². The molecule has 1 saturated carbocycles. The van der Waals surface area contributed by atoms with Crippen LogP contribution in [0, 0.1) is 0 Å². The summed E-state index contributed by atoms with van der Waals surface area (Å²) in [5, 5.41) is 1.22. The van der Waals surface area contributed by atoms with E-state index < -0.39 is 0 Å². The zero-order chi connectivity index (χ0) is 10.5. The Hall–Kier alpha value is -0.450. The summed E-state index contributed by atoms with van der Waals surface area (Å²) in [5.74, 6) is 0. The maximum atomic E-state index is 5.81. The fraction of sp³-hybridized carbons (Fsp3) is 0.364. The number of hydrogen-bond acceptors (Lipinski definition) is 3. The maximum absolute atomic E-state index is 5.81. The number of fused-ring (bicyclic) bond motifs is 1. The highest BCUT2D eigenvalue weighted by atomic mass is 79.9. The van der Waals surface area contributed by atoms with Crippen LogP contribution in [-0.2, 0) is 5.41 Å². The first-order valence-electron chi connectivity index (χ1n) is 5.00. The summed E-state index contributed by atoms with van der Waals surface area (Å²) in [5.41, 5.74) is 7.12. The van der Waals surface area contributed by atoms with Crippen molar-refractivity contribution in [3.63, 3.8) is 0 Å². The first-order chi connectivity index (χ1) is 7.23. The lowest BCUT2D eigenvalue weighted by atomic mass is 10.1. The third-order valence-corrected chi connectivity index (χ3v) is 4.81. The lowest BCUT2D eigenvalue weighted by Crippen LogP contribution is -2.19. The molecule has 1 heterocycles. The van der Waals surface area contributed by atoms with Crippen LogP contribution in [0.1, 0.15) is 17.8 Å². The molecule has 78 valence electrons. The Morgan fingerprint density at radius 1 is 1.47 bits per heavy atom. The zero-order valence-corrected chi connectivity index (χ0v) is 10.6. The Morgan fingerprint density at radius 2 is 2.27 bits per heavy atom. The Bertz CT molecular complexity index is 516. The summed E-state index contributed by atoms with van der Waals surface area (Å²) in [6, 6.07) is 6.23. The summed E-state index contributed by atoms with van der Waals surface area (Å²) in [6.45, 7) is 0.730. The molecule has 1 aromatic carbocycles. The molecule has 4 heteroatoms. The molecule has 0 amide bonds. The molecule has 1 aromatic heterocycles. The Labute approximate surface area is 101 Å². The standard InChI is InChI=1S/C11H11BrN2S/c12-7-1-2-8-9(5-7)15-10(14-8)11(6-13)3-4-11/h1-2,5H,3-4,6,13H2. The van der Waals surface area contributed by atoms with Gasteiger partial charge < -0.3 is 5.73 Å². The fourth-order valence-electron chi connectivity index (χ4n) is 1.78. The van der Waals surface area contributed by atoms with Crippen molar-refractivity contribution in [1.82, 2.24) is 4.98 Å². The molecular formula is C11H11BrN2S. The number of hydrogen-bond donors (Lipinski definition) is 1. The topological polar surface area (TPSA) is 38.9 Å². The average molecular weight is 283 g/mol. The minimum Gasteiger partial charge on any atom is -0.329 e. The predicted molar refractivity (Wildman–Crippen MR) is 67.3 cm³/mol. The van der Waals surface area contributed by atoms with Crippen LogP contribution >= 0.6 is 27.3 Å². The highest BCUT2D eigenvalue weighted by Gasteiger charge is 2.45.